The van der Waals surface area contributed by atoms with E-state index in [1.165, 1.54) is 3.57 Å². The summed E-state index contributed by atoms with van der Waals surface area (Å²) in [6, 6.07) is 10.2. The number of nitrogens with two attached hydrogens (primary N) is 1. The number of hydrogen-bond acceptors (Lipinski definition) is 2. The van der Waals surface area contributed by atoms with Crippen LogP contribution in [0.4, 0.5) is 0 Å². The van der Waals surface area contributed by atoms with Crippen molar-refractivity contribution in [3.8, 4) is 0 Å². The van der Waals surface area contributed by atoms with Crippen molar-refractivity contribution in [1.29, 1.82) is 0 Å². The maximum atomic E-state index is 8.94. The summed E-state index contributed by atoms with van der Waals surface area (Å²) in [5.41, 5.74) is 1.75. The predicted molar refractivity (Wildman–Crippen MR) is 52.5 cm³/mol. The van der Waals surface area contributed by atoms with Crippen LogP contribution in [0.25, 0.3) is 0 Å². The minimum absolute atomic E-state index is 0.403. The Morgan fingerprint density at radius 2 is 1.82 bits per heavy atom. The molecule has 0 heterocycles. The summed E-state index contributed by atoms with van der Waals surface area (Å²) >= 11 is 2.28. The van der Waals surface area contributed by atoms with Gasteiger partial charge in [0.1, 0.15) is 0 Å². The highest BCUT2D eigenvalue weighted by Crippen LogP contribution is 1.99. The van der Waals surface area contributed by atoms with Crippen molar-refractivity contribution in [2.45, 2.75) is 0 Å². The van der Waals surface area contributed by atoms with Crippen LogP contribution in [0.1, 0.15) is 0 Å². The SMILES string of the molecule is Ic1ccccc1.NNC=O. The van der Waals surface area contributed by atoms with E-state index in [0.717, 1.165) is 0 Å². The van der Waals surface area contributed by atoms with E-state index in [0.29, 0.717) is 6.41 Å². The molecule has 0 aromatic heterocycles. The highest BCUT2D eigenvalue weighted by molar-refractivity contribution is 14.1. The number of amides is 1. The van der Waals surface area contributed by atoms with Crippen LogP contribution in [0.2, 0.25) is 0 Å². The lowest BCUT2D eigenvalue weighted by atomic mass is 10.4. The molecular weight excluding hydrogens is 255 g/mol. The summed E-state index contributed by atoms with van der Waals surface area (Å²) in [5.74, 6) is 4.41. The molecule has 4 heteroatoms. The standard InChI is InChI=1S/C6H5I.CH4N2O/c7-6-4-2-1-3-5-6;2-3-1-4/h1-5H;1H,2H2,(H,3,4). The molecule has 60 valence electrons. The summed E-state index contributed by atoms with van der Waals surface area (Å²) in [6.07, 6.45) is 0.403. The topological polar surface area (TPSA) is 55.1 Å². The fraction of sp³-hybridized carbons (Fsp3) is 0. The van der Waals surface area contributed by atoms with E-state index in [1.54, 1.807) is 5.43 Å². The molecule has 1 amide bonds. The lowest BCUT2D eigenvalue weighted by Gasteiger charge is -1.80. The Kier molecular flexibility index (Phi) is 7.06. The van der Waals surface area contributed by atoms with Gasteiger partial charge in [-0.2, -0.15) is 0 Å². The molecule has 0 atom stereocenters. The second-order valence-electron chi connectivity index (χ2n) is 1.58. The van der Waals surface area contributed by atoms with Crippen LogP contribution in [0.3, 0.4) is 0 Å². The van der Waals surface area contributed by atoms with Crippen LogP contribution in [0.5, 0.6) is 0 Å². The predicted octanol–water partition coefficient (Wildman–Crippen LogP) is 0.897. The van der Waals surface area contributed by atoms with Gasteiger partial charge in [0.15, 0.2) is 0 Å². The molecule has 0 spiro atoms. The third kappa shape index (κ3) is 7.27. The maximum absolute atomic E-state index is 8.94. The first-order valence-electron chi connectivity index (χ1n) is 2.91. The maximum Gasteiger partial charge on any atom is 0.221 e. The summed E-state index contributed by atoms with van der Waals surface area (Å²) in [7, 11) is 0. The summed E-state index contributed by atoms with van der Waals surface area (Å²) in [6.45, 7) is 0. The molecule has 1 aromatic carbocycles. The largest absolute Gasteiger partial charge is 0.297 e. The van der Waals surface area contributed by atoms with Crippen LogP contribution in [-0.2, 0) is 4.79 Å². The van der Waals surface area contributed by atoms with Gasteiger partial charge in [0.25, 0.3) is 0 Å². The fourth-order valence-electron chi connectivity index (χ4n) is 0.415. The molecule has 1 rings (SSSR count). The van der Waals surface area contributed by atoms with Crippen molar-refractivity contribution in [2.24, 2.45) is 5.84 Å². The number of hydrogen-bond donors (Lipinski definition) is 2. The highest BCUT2D eigenvalue weighted by Gasteiger charge is 1.74. The lowest BCUT2D eigenvalue weighted by molar-refractivity contribution is -0.109. The van der Waals surface area contributed by atoms with Crippen molar-refractivity contribution >= 4 is 29.0 Å². The number of halogens is 1. The number of benzene rings is 1. The van der Waals surface area contributed by atoms with E-state index in [4.69, 9.17) is 4.79 Å². The van der Waals surface area contributed by atoms with E-state index < -0.39 is 0 Å². The Balaban J connectivity index is 0.000000218. The van der Waals surface area contributed by atoms with Gasteiger partial charge in [-0.05, 0) is 34.7 Å². The first-order chi connectivity index (χ1) is 5.31. The molecule has 0 aliphatic heterocycles. The summed E-state index contributed by atoms with van der Waals surface area (Å²) in [4.78, 5) is 8.94. The molecule has 0 aliphatic carbocycles. The number of hydrazine groups is 1. The molecule has 1 aromatic rings. The van der Waals surface area contributed by atoms with Crippen LogP contribution in [-0.4, -0.2) is 6.41 Å². The Morgan fingerprint density at radius 1 is 1.36 bits per heavy atom. The van der Waals surface area contributed by atoms with E-state index in [2.05, 4.69) is 40.6 Å². The van der Waals surface area contributed by atoms with Gasteiger partial charge in [-0.25, -0.2) is 5.84 Å². The normalized spacial score (nSPS) is 7.45. The Morgan fingerprint density at radius 3 is 2.00 bits per heavy atom. The number of carbonyl (C=O) groups is 1. The Labute approximate surface area is 79.1 Å². The molecule has 3 N–H and O–H groups in total. The number of nitrogens with one attached hydrogen (secondary N) is 1. The second kappa shape index (κ2) is 7.49. The summed E-state index contributed by atoms with van der Waals surface area (Å²) in [5, 5.41) is 0. The van der Waals surface area contributed by atoms with Gasteiger partial charge in [0.05, 0.1) is 0 Å². The summed E-state index contributed by atoms with van der Waals surface area (Å²) < 4.78 is 1.29. The van der Waals surface area contributed by atoms with E-state index in [-0.39, 0.29) is 0 Å². The molecule has 0 aliphatic rings. The zero-order valence-corrected chi connectivity index (χ0v) is 7.99. The van der Waals surface area contributed by atoms with Crippen LogP contribution in [0.15, 0.2) is 30.3 Å². The van der Waals surface area contributed by atoms with Crippen LogP contribution in [0, 0.1) is 3.57 Å². The van der Waals surface area contributed by atoms with Crippen molar-refractivity contribution in [3.63, 3.8) is 0 Å². The van der Waals surface area contributed by atoms with E-state index in [1.807, 2.05) is 18.2 Å². The average Bonchev–Trinajstić information content (AvgIpc) is 2.07. The minimum atomic E-state index is 0.403. The molecular formula is C7H9IN2O. The van der Waals surface area contributed by atoms with Crippen molar-refractivity contribution in [3.05, 3.63) is 33.9 Å². The molecule has 0 fully saturated rings. The van der Waals surface area contributed by atoms with E-state index >= 15 is 0 Å². The zero-order chi connectivity index (χ0) is 8.53. The molecule has 11 heavy (non-hydrogen) atoms. The van der Waals surface area contributed by atoms with Crippen LogP contribution >= 0.6 is 22.6 Å². The van der Waals surface area contributed by atoms with Gasteiger partial charge < -0.3 is 0 Å². The Bertz CT molecular complexity index is 191. The minimum Gasteiger partial charge on any atom is -0.297 e. The number of rotatable bonds is 1. The monoisotopic (exact) mass is 264 g/mol. The van der Waals surface area contributed by atoms with Gasteiger partial charge in [0, 0.05) is 3.57 Å². The van der Waals surface area contributed by atoms with Gasteiger partial charge >= 0.3 is 0 Å². The average molecular weight is 264 g/mol. The second-order valence-corrected chi connectivity index (χ2v) is 2.83. The van der Waals surface area contributed by atoms with Crippen molar-refractivity contribution in [2.75, 3.05) is 0 Å². The van der Waals surface area contributed by atoms with Crippen LogP contribution < -0.4 is 11.3 Å². The molecule has 0 saturated heterocycles. The smallest absolute Gasteiger partial charge is 0.221 e. The fourth-order valence-corrected chi connectivity index (χ4v) is 0.830. The van der Waals surface area contributed by atoms with Gasteiger partial charge in [0.2, 0.25) is 6.41 Å². The third-order valence-electron chi connectivity index (χ3n) is 0.801. The van der Waals surface area contributed by atoms with E-state index in [9.17, 15) is 0 Å². The van der Waals surface area contributed by atoms with Gasteiger partial charge in [-0.15, -0.1) is 0 Å². The zero-order valence-electron chi connectivity index (χ0n) is 5.83. The van der Waals surface area contributed by atoms with Crippen molar-refractivity contribution in [1.82, 2.24) is 5.43 Å². The van der Waals surface area contributed by atoms with Crippen molar-refractivity contribution < 1.29 is 4.79 Å². The van der Waals surface area contributed by atoms with Gasteiger partial charge in [-0.1, -0.05) is 18.2 Å². The lowest BCUT2D eigenvalue weighted by Crippen LogP contribution is -2.18. The highest BCUT2D eigenvalue weighted by atomic mass is 127. The first kappa shape index (κ1) is 10.4. The van der Waals surface area contributed by atoms with Gasteiger partial charge in [-0.3, -0.25) is 10.2 Å². The number of carbonyl (C=O) groups excluding carboxylic acids is 1. The molecule has 0 radical (unpaired) electrons. The first-order valence-corrected chi connectivity index (χ1v) is 3.99. The Hall–Kier alpha value is -0.620. The quantitative estimate of drug-likeness (QED) is 0.260. The molecule has 0 unspecified atom stereocenters. The molecule has 0 bridgehead atoms. The molecule has 3 nitrogen and oxygen atoms in total. The molecule has 0 saturated carbocycles. The third-order valence-corrected chi connectivity index (χ3v) is 1.52.